The zero-order valence-electron chi connectivity index (χ0n) is 12.7. The number of aryl methyl sites for hydroxylation is 1. The number of halogens is 1. The normalized spacial score (nSPS) is 16.9. The van der Waals surface area contributed by atoms with Crippen LogP contribution in [0.1, 0.15) is 31.9 Å². The number of rotatable bonds is 3. The van der Waals surface area contributed by atoms with Crippen LogP contribution in [-0.4, -0.2) is 42.5 Å². The second-order valence-electron chi connectivity index (χ2n) is 4.81. The highest BCUT2D eigenvalue weighted by Gasteiger charge is 2.16. The molecule has 1 fully saturated rings. The van der Waals surface area contributed by atoms with Crippen LogP contribution < -0.4 is 0 Å². The van der Waals surface area contributed by atoms with E-state index >= 15 is 0 Å². The van der Waals surface area contributed by atoms with E-state index in [4.69, 9.17) is 0 Å². The van der Waals surface area contributed by atoms with Crippen molar-refractivity contribution in [1.29, 1.82) is 0 Å². The third-order valence-corrected chi connectivity index (χ3v) is 3.51. The number of nitrogens with zero attached hydrogens (tertiary/aromatic N) is 2. The van der Waals surface area contributed by atoms with Crippen molar-refractivity contribution in [3.05, 3.63) is 35.1 Å². The molecule has 2 nitrogen and oxygen atoms in total. The van der Waals surface area contributed by atoms with Crippen molar-refractivity contribution in [2.24, 2.45) is 0 Å². The van der Waals surface area contributed by atoms with E-state index in [9.17, 15) is 4.39 Å². The molecule has 0 amide bonds. The number of hydrogen-bond donors (Lipinski definition) is 0. The fourth-order valence-corrected chi connectivity index (χ4v) is 2.29. The predicted molar refractivity (Wildman–Crippen MR) is 79.9 cm³/mol. The van der Waals surface area contributed by atoms with Gasteiger partial charge in [-0.3, -0.25) is 4.90 Å². The van der Waals surface area contributed by atoms with Gasteiger partial charge in [0.1, 0.15) is 5.82 Å². The average molecular weight is 266 g/mol. The zero-order chi connectivity index (χ0) is 14.3. The van der Waals surface area contributed by atoms with Crippen LogP contribution in [0.2, 0.25) is 0 Å². The Morgan fingerprint density at radius 3 is 2.16 bits per heavy atom. The number of hydrogen-bond acceptors (Lipinski definition) is 2. The van der Waals surface area contributed by atoms with Gasteiger partial charge in [-0.1, -0.05) is 32.9 Å². The fraction of sp³-hybridized carbons (Fsp3) is 0.625. The molecule has 0 spiro atoms. The summed E-state index contributed by atoms with van der Waals surface area (Å²) in [6.07, 6.45) is 0. The van der Waals surface area contributed by atoms with Crippen LogP contribution in [0.4, 0.5) is 4.39 Å². The summed E-state index contributed by atoms with van der Waals surface area (Å²) in [6.45, 7) is 14.3. The molecule has 0 N–H and O–H groups in total. The molecule has 2 rings (SSSR count). The van der Waals surface area contributed by atoms with E-state index in [1.54, 1.807) is 6.07 Å². The third kappa shape index (κ3) is 4.92. The van der Waals surface area contributed by atoms with Crippen molar-refractivity contribution in [2.45, 2.75) is 34.2 Å². The van der Waals surface area contributed by atoms with Gasteiger partial charge in [-0.2, -0.15) is 0 Å². The monoisotopic (exact) mass is 266 g/mol. The molecule has 0 aliphatic carbocycles. The molecular weight excluding hydrogens is 239 g/mol. The summed E-state index contributed by atoms with van der Waals surface area (Å²) in [6, 6.07) is 5.52. The summed E-state index contributed by atoms with van der Waals surface area (Å²) in [5, 5.41) is 0. The number of piperazine rings is 1. The Morgan fingerprint density at radius 2 is 1.63 bits per heavy atom. The lowest BCUT2D eigenvalue weighted by Gasteiger charge is -2.34. The first-order valence-electron chi connectivity index (χ1n) is 7.39. The molecule has 1 aliphatic heterocycles. The molecular formula is C16H27FN2. The quantitative estimate of drug-likeness (QED) is 0.828. The molecule has 0 aromatic heterocycles. The van der Waals surface area contributed by atoms with Crippen LogP contribution in [0.25, 0.3) is 0 Å². The van der Waals surface area contributed by atoms with E-state index in [0.717, 1.165) is 50.4 Å². The Morgan fingerprint density at radius 1 is 1.05 bits per heavy atom. The summed E-state index contributed by atoms with van der Waals surface area (Å²) in [7, 11) is 0. The molecule has 0 radical (unpaired) electrons. The van der Waals surface area contributed by atoms with Crippen molar-refractivity contribution in [3.8, 4) is 0 Å². The van der Waals surface area contributed by atoms with Gasteiger partial charge in [-0.05, 0) is 25.1 Å². The second-order valence-corrected chi connectivity index (χ2v) is 4.81. The van der Waals surface area contributed by atoms with Gasteiger partial charge in [0, 0.05) is 38.3 Å². The van der Waals surface area contributed by atoms with Gasteiger partial charge in [-0.25, -0.2) is 4.39 Å². The standard InChI is InChI=1S/C14H21FN2.C2H6/c1-3-16-6-8-17(9-7-16)11-13-5-4-12(2)10-14(13)15;1-2/h4-5,10H,3,6-9,11H2,1-2H3;1-2H3. The zero-order valence-corrected chi connectivity index (χ0v) is 12.7. The van der Waals surface area contributed by atoms with E-state index in [2.05, 4.69) is 16.7 Å². The molecule has 0 saturated carbocycles. The van der Waals surface area contributed by atoms with Gasteiger partial charge in [0.15, 0.2) is 0 Å². The summed E-state index contributed by atoms with van der Waals surface area (Å²) in [5.74, 6) is -0.0667. The molecule has 1 aliphatic rings. The first kappa shape index (κ1) is 16.1. The summed E-state index contributed by atoms with van der Waals surface area (Å²) >= 11 is 0. The summed E-state index contributed by atoms with van der Waals surface area (Å²) in [5.41, 5.74) is 1.81. The Hall–Kier alpha value is -0.930. The van der Waals surface area contributed by atoms with Crippen molar-refractivity contribution < 1.29 is 4.39 Å². The smallest absolute Gasteiger partial charge is 0.127 e. The van der Waals surface area contributed by atoms with Crippen LogP contribution in [0.5, 0.6) is 0 Å². The molecule has 19 heavy (non-hydrogen) atoms. The highest BCUT2D eigenvalue weighted by Crippen LogP contribution is 2.13. The Kier molecular flexibility index (Phi) is 7.03. The molecule has 0 bridgehead atoms. The second kappa shape index (κ2) is 8.28. The summed E-state index contributed by atoms with van der Waals surface area (Å²) in [4.78, 5) is 4.77. The Labute approximate surface area is 117 Å². The van der Waals surface area contributed by atoms with Gasteiger partial charge < -0.3 is 4.90 Å². The van der Waals surface area contributed by atoms with Gasteiger partial charge in [0.25, 0.3) is 0 Å². The molecule has 1 aromatic rings. The van der Waals surface area contributed by atoms with Crippen LogP contribution in [0.3, 0.4) is 0 Å². The minimum absolute atomic E-state index is 0.0667. The molecule has 108 valence electrons. The first-order valence-corrected chi connectivity index (χ1v) is 7.39. The molecule has 0 unspecified atom stereocenters. The van der Waals surface area contributed by atoms with Gasteiger partial charge in [0.2, 0.25) is 0 Å². The van der Waals surface area contributed by atoms with Crippen molar-refractivity contribution in [3.63, 3.8) is 0 Å². The van der Waals surface area contributed by atoms with Crippen molar-refractivity contribution in [1.82, 2.24) is 9.80 Å². The van der Waals surface area contributed by atoms with Crippen molar-refractivity contribution in [2.75, 3.05) is 32.7 Å². The van der Waals surface area contributed by atoms with Gasteiger partial charge in [0.05, 0.1) is 0 Å². The summed E-state index contributed by atoms with van der Waals surface area (Å²) < 4.78 is 13.7. The predicted octanol–water partition coefficient (Wildman–Crippen LogP) is 3.30. The van der Waals surface area contributed by atoms with E-state index in [1.165, 1.54) is 0 Å². The van der Waals surface area contributed by atoms with E-state index in [-0.39, 0.29) is 5.82 Å². The lowest BCUT2D eigenvalue weighted by Crippen LogP contribution is -2.45. The Balaban J connectivity index is 0.000000861. The van der Waals surface area contributed by atoms with Crippen LogP contribution in [0, 0.1) is 12.7 Å². The maximum absolute atomic E-state index is 13.7. The van der Waals surface area contributed by atoms with E-state index in [0.29, 0.717) is 0 Å². The average Bonchev–Trinajstić information content (AvgIpc) is 2.45. The highest BCUT2D eigenvalue weighted by atomic mass is 19.1. The molecule has 1 aromatic carbocycles. The van der Waals surface area contributed by atoms with E-state index < -0.39 is 0 Å². The van der Waals surface area contributed by atoms with Crippen molar-refractivity contribution >= 4 is 0 Å². The minimum atomic E-state index is -0.0667. The number of likely N-dealkylation sites (N-methyl/N-ethyl adjacent to an activating group) is 1. The molecule has 0 atom stereocenters. The van der Waals surface area contributed by atoms with Crippen LogP contribution in [0.15, 0.2) is 18.2 Å². The largest absolute Gasteiger partial charge is 0.301 e. The molecule has 3 heteroatoms. The molecule has 1 heterocycles. The highest BCUT2D eigenvalue weighted by molar-refractivity contribution is 5.23. The van der Waals surface area contributed by atoms with Gasteiger partial charge >= 0.3 is 0 Å². The lowest BCUT2D eigenvalue weighted by molar-refractivity contribution is 0.131. The first-order chi connectivity index (χ1) is 9.19. The van der Waals surface area contributed by atoms with E-state index in [1.807, 2.05) is 32.9 Å². The number of benzene rings is 1. The molecule has 1 saturated heterocycles. The fourth-order valence-electron chi connectivity index (χ4n) is 2.29. The van der Waals surface area contributed by atoms with Crippen LogP contribution >= 0.6 is 0 Å². The SMILES string of the molecule is CC.CCN1CCN(Cc2ccc(C)cc2F)CC1. The minimum Gasteiger partial charge on any atom is -0.301 e. The van der Waals surface area contributed by atoms with Crippen LogP contribution in [-0.2, 0) is 6.54 Å². The Bertz CT molecular complexity index is 371. The van der Waals surface area contributed by atoms with Gasteiger partial charge in [-0.15, -0.1) is 0 Å². The topological polar surface area (TPSA) is 6.48 Å². The lowest BCUT2D eigenvalue weighted by atomic mass is 10.1. The maximum Gasteiger partial charge on any atom is 0.127 e. The third-order valence-electron chi connectivity index (χ3n) is 3.51. The maximum atomic E-state index is 13.7.